The number of rotatable bonds is 8. The normalized spacial score (nSPS) is 11.2. The Labute approximate surface area is 169 Å². The number of nitrogens with one attached hydrogen (secondary N) is 1. The molecule has 6 nitrogen and oxygen atoms in total. The first kappa shape index (κ1) is 22.1. The molecule has 2 rings (SSSR count). The lowest BCUT2D eigenvalue weighted by atomic mass is 10.2. The predicted molar refractivity (Wildman–Crippen MR) is 108 cm³/mol. The zero-order valence-electron chi connectivity index (χ0n) is 14.8. The molecule has 0 radical (unpaired) electrons. The molecule has 9 heteroatoms. The Hall–Kier alpha value is -1.91. The van der Waals surface area contributed by atoms with Gasteiger partial charge in [0.25, 0.3) is 0 Å². The molecule has 0 aliphatic rings. The number of nitrogens with zero attached hydrogens (tertiary/aromatic N) is 4. The summed E-state index contributed by atoms with van der Waals surface area (Å²) in [5.74, 6) is 0.942. The minimum Gasteiger partial charge on any atom is -0.435 e. The van der Waals surface area contributed by atoms with E-state index in [1.54, 1.807) is 36.8 Å². The molecule has 0 amide bonds. The van der Waals surface area contributed by atoms with Gasteiger partial charge in [-0.2, -0.15) is 8.78 Å². The lowest BCUT2D eigenvalue weighted by Gasteiger charge is -2.22. The molecule has 0 unspecified atom stereocenters. The van der Waals surface area contributed by atoms with E-state index < -0.39 is 6.61 Å². The first-order valence-corrected chi connectivity index (χ1v) is 8.07. The topological polar surface area (TPSA) is 54.7 Å². The molecule has 0 saturated carbocycles. The standard InChI is InChI=1S/C17H23F2N5O.HI/c1-3-21-17(22-9-11-24-10-8-20-13-24)23(2)12-14-4-6-15(7-5-14)25-16(18)19;/h4-8,10,13,16H,3,9,11-12H2,1-2H3,(H,21,22);1H. The van der Waals surface area contributed by atoms with Gasteiger partial charge in [0.05, 0.1) is 12.9 Å². The van der Waals surface area contributed by atoms with E-state index in [4.69, 9.17) is 0 Å². The van der Waals surface area contributed by atoms with Crippen LogP contribution in [0.25, 0.3) is 0 Å². The third-order valence-corrected chi connectivity index (χ3v) is 3.44. The molecule has 1 aromatic carbocycles. The summed E-state index contributed by atoms with van der Waals surface area (Å²) in [6.07, 6.45) is 5.40. The smallest absolute Gasteiger partial charge is 0.387 e. The Bertz CT molecular complexity index is 650. The average molecular weight is 479 g/mol. The number of imidazole rings is 1. The molecule has 0 saturated heterocycles. The van der Waals surface area contributed by atoms with Crippen molar-refractivity contribution in [3.8, 4) is 5.75 Å². The van der Waals surface area contributed by atoms with Gasteiger partial charge in [-0.15, -0.1) is 24.0 Å². The molecule has 1 heterocycles. The van der Waals surface area contributed by atoms with E-state index in [-0.39, 0.29) is 29.7 Å². The minimum atomic E-state index is -2.81. The monoisotopic (exact) mass is 479 g/mol. The van der Waals surface area contributed by atoms with Crippen molar-refractivity contribution in [2.45, 2.75) is 26.6 Å². The Morgan fingerprint density at radius 3 is 2.65 bits per heavy atom. The molecule has 0 aliphatic carbocycles. The highest BCUT2D eigenvalue weighted by Gasteiger charge is 2.08. The third kappa shape index (κ3) is 7.54. The van der Waals surface area contributed by atoms with Crippen LogP contribution in [0.15, 0.2) is 48.0 Å². The van der Waals surface area contributed by atoms with Crippen molar-refractivity contribution in [1.82, 2.24) is 19.8 Å². The van der Waals surface area contributed by atoms with Crippen LogP contribution in [0.5, 0.6) is 5.75 Å². The Morgan fingerprint density at radius 2 is 2.08 bits per heavy atom. The first-order valence-electron chi connectivity index (χ1n) is 8.07. The molecule has 0 spiro atoms. The number of hydrogen-bond acceptors (Lipinski definition) is 3. The molecule has 2 aromatic rings. The Balaban J connectivity index is 0.00000338. The summed E-state index contributed by atoms with van der Waals surface area (Å²) in [4.78, 5) is 10.6. The van der Waals surface area contributed by atoms with Crippen LogP contribution in [-0.2, 0) is 13.1 Å². The zero-order valence-corrected chi connectivity index (χ0v) is 17.1. The van der Waals surface area contributed by atoms with Gasteiger partial charge in [0.2, 0.25) is 0 Å². The average Bonchev–Trinajstić information content (AvgIpc) is 3.09. The van der Waals surface area contributed by atoms with E-state index >= 15 is 0 Å². The van der Waals surface area contributed by atoms with Gasteiger partial charge >= 0.3 is 6.61 Å². The summed E-state index contributed by atoms with van der Waals surface area (Å²) in [6, 6.07) is 6.61. The number of guanidine groups is 1. The largest absolute Gasteiger partial charge is 0.435 e. The van der Waals surface area contributed by atoms with Crippen LogP contribution in [0.2, 0.25) is 0 Å². The van der Waals surface area contributed by atoms with E-state index in [0.717, 1.165) is 24.6 Å². The number of ether oxygens (including phenoxy) is 1. The van der Waals surface area contributed by atoms with Gasteiger partial charge in [-0.1, -0.05) is 12.1 Å². The summed E-state index contributed by atoms with van der Waals surface area (Å²) < 4.78 is 30.7. The van der Waals surface area contributed by atoms with Crippen LogP contribution in [0.3, 0.4) is 0 Å². The fraction of sp³-hybridized carbons (Fsp3) is 0.412. The molecule has 1 N–H and O–H groups in total. The van der Waals surface area contributed by atoms with Gasteiger partial charge < -0.3 is 19.5 Å². The van der Waals surface area contributed by atoms with Crippen molar-refractivity contribution >= 4 is 29.9 Å². The maximum atomic E-state index is 12.2. The number of alkyl halides is 2. The Morgan fingerprint density at radius 1 is 1.35 bits per heavy atom. The maximum absolute atomic E-state index is 12.2. The van der Waals surface area contributed by atoms with Crippen LogP contribution < -0.4 is 10.1 Å². The lowest BCUT2D eigenvalue weighted by molar-refractivity contribution is -0.0498. The SMILES string of the molecule is CCNC(=NCCn1ccnc1)N(C)Cc1ccc(OC(F)F)cc1.I. The summed E-state index contributed by atoms with van der Waals surface area (Å²) in [5.41, 5.74) is 0.976. The van der Waals surface area contributed by atoms with Crippen molar-refractivity contribution < 1.29 is 13.5 Å². The third-order valence-electron chi connectivity index (χ3n) is 3.44. The van der Waals surface area contributed by atoms with Crippen LogP contribution in [0.1, 0.15) is 12.5 Å². The molecule has 0 fully saturated rings. The van der Waals surface area contributed by atoms with Crippen LogP contribution >= 0.6 is 24.0 Å². The molecule has 144 valence electrons. The van der Waals surface area contributed by atoms with Gasteiger partial charge in [0, 0.05) is 39.1 Å². The van der Waals surface area contributed by atoms with Gasteiger partial charge in [-0.25, -0.2) is 4.98 Å². The molecule has 0 atom stereocenters. The van der Waals surface area contributed by atoms with Gasteiger partial charge in [-0.3, -0.25) is 4.99 Å². The first-order chi connectivity index (χ1) is 12.1. The van der Waals surface area contributed by atoms with E-state index in [1.807, 2.05) is 29.6 Å². The molecular formula is C17H24F2IN5O. The van der Waals surface area contributed by atoms with E-state index in [1.165, 1.54) is 0 Å². The number of aliphatic imine (C=N–C) groups is 1. The number of aromatic nitrogens is 2. The van der Waals surface area contributed by atoms with Crippen molar-refractivity contribution in [2.24, 2.45) is 4.99 Å². The molecule has 0 bridgehead atoms. The van der Waals surface area contributed by atoms with E-state index in [9.17, 15) is 8.78 Å². The fourth-order valence-corrected chi connectivity index (χ4v) is 2.29. The number of benzene rings is 1. The second kappa shape index (κ2) is 11.7. The maximum Gasteiger partial charge on any atom is 0.387 e. The fourth-order valence-electron chi connectivity index (χ4n) is 2.29. The van der Waals surface area contributed by atoms with E-state index in [0.29, 0.717) is 13.1 Å². The van der Waals surface area contributed by atoms with Crippen molar-refractivity contribution in [3.63, 3.8) is 0 Å². The van der Waals surface area contributed by atoms with Crippen LogP contribution in [0, 0.1) is 0 Å². The highest BCUT2D eigenvalue weighted by molar-refractivity contribution is 14.0. The van der Waals surface area contributed by atoms with Crippen molar-refractivity contribution in [1.29, 1.82) is 0 Å². The lowest BCUT2D eigenvalue weighted by Crippen LogP contribution is -2.38. The molecule has 0 aliphatic heterocycles. The number of hydrogen-bond donors (Lipinski definition) is 1. The quantitative estimate of drug-likeness (QED) is 0.359. The van der Waals surface area contributed by atoms with Crippen molar-refractivity contribution in [2.75, 3.05) is 20.1 Å². The highest BCUT2D eigenvalue weighted by Crippen LogP contribution is 2.15. The van der Waals surface area contributed by atoms with Crippen LogP contribution in [0.4, 0.5) is 8.78 Å². The minimum absolute atomic E-state index is 0. The molecule has 1 aromatic heterocycles. The van der Waals surface area contributed by atoms with Gasteiger partial charge in [0.1, 0.15) is 5.75 Å². The summed E-state index contributed by atoms with van der Waals surface area (Å²) in [7, 11) is 1.93. The summed E-state index contributed by atoms with van der Waals surface area (Å²) in [5, 5.41) is 3.25. The van der Waals surface area contributed by atoms with Gasteiger partial charge in [-0.05, 0) is 24.6 Å². The number of halogens is 3. The van der Waals surface area contributed by atoms with Crippen molar-refractivity contribution in [3.05, 3.63) is 48.5 Å². The van der Waals surface area contributed by atoms with Crippen LogP contribution in [-0.4, -0.2) is 47.2 Å². The van der Waals surface area contributed by atoms with Gasteiger partial charge in [0.15, 0.2) is 5.96 Å². The second-order valence-electron chi connectivity index (χ2n) is 5.41. The molecule has 26 heavy (non-hydrogen) atoms. The second-order valence-corrected chi connectivity index (χ2v) is 5.41. The zero-order chi connectivity index (χ0) is 18.1. The highest BCUT2D eigenvalue weighted by atomic mass is 127. The molecular weight excluding hydrogens is 455 g/mol. The Kier molecular flexibility index (Phi) is 9.92. The summed E-state index contributed by atoms with van der Waals surface area (Å²) in [6.45, 7) is 1.94. The summed E-state index contributed by atoms with van der Waals surface area (Å²) >= 11 is 0. The van der Waals surface area contributed by atoms with E-state index in [2.05, 4.69) is 20.0 Å². The predicted octanol–water partition coefficient (Wildman–Crippen LogP) is 3.20.